The van der Waals surface area contributed by atoms with Crippen LogP contribution in [-0.4, -0.2) is 49.3 Å². The zero-order chi connectivity index (χ0) is 21.7. The van der Waals surface area contributed by atoms with Crippen LogP contribution < -0.4 is 10.1 Å². The number of carbonyl (C=O) groups excluding carboxylic acids is 1. The Kier molecular flexibility index (Phi) is 6.47. The fraction of sp³-hybridized carbons (Fsp3) is 0.227. The molecule has 0 aliphatic heterocycles. The Hall–Kier alpha value is -3.26. The topological polar surface area (TPSA) is 57.4 Å². The Morgan fingerprint density at radius 1 is 1.03 bits per heavy atom. The largest absolute Gasteiger partial charge is 0.573 e. The third-order valence-corrected chi connectivity index (χ3v) is 4.35. The molecule has 0 radical (unpaired) electrons. The van der Waals surface area contributed by atoms with Crippen LogP contribution in [0.3, 0.4) is 0 Å². The van der Waals surface area contributed by atoms with Gasteiger partial charge in [-0.05, 0) is 37.9 Å². The van der Waals surface area contributed by atoms with Gasteiger partial charge in [-0.15, -0.1) is 13.2 Å². The molecule has 0 aliphatic carbocycles. The second-order valence-corrected chi connectivity index (χ2v) is 6.97. The summed E-state index contributed by atoms with van der Waals surface area (Å²) in [6.45, 7) is 1.15. The highest BCUT2D eigenvalue weighted by Gasteiger charge is 2.31. The molecule has 1 heterocycles. The van der Waals surface area contributed by atoms with E-state index >= 15 is 0 Å². The maximum atomic E-state index is 12.8. The average molecular weight is 417 g/mol. The van der Waals surface area contributed by atoms with Gasteiger partial charge in [0.1, 0.15) is 5.75 Å². The number of likely N-dealkylation sites (N-methyl/N-ethyl adjacent to an activating group) is 1. The lowest BCUT2D eigenvalue weighted by atomic mass is 10.1. The predicted molar refractivity (Wildman–Crippen MR) is 109 cm³/mol. The summed E-state index contributed by atoms with van der Waals surface area (Å²) in [4.78, 5) is 17.9. The predicted octanol–water partition coefficient (Wildman–Crippen LogP) is 4.54. The molecule has 0 spiro atoms. The fourth-order valence-corrected chi connectivity index (χ4v) is 2.97. The number of amides is 1. The number of alkyl halides is 3. The van der Waals surface area contributed by atoms with Crippen LogP contribution in [0.4, 0.5) is 13.2 Å². The number of nitrogens with zero attached hydrogens (tertiary/aromatic N) is 1. The van der Waals surface area contributed by atoms with Crippen LogP contribution in [0, 0.1) is 0 Å². The van der Waals surface area contributed by atoms with Crippen LogP contribution in [0.2, 0.25) is 0 Å². The summed E-state index contributed by atoms with van der Waals surface area (Å²) in [5.74, 6) is -0.589. The summed E-state index contributed by atoms with van der Waals surface area (Å²) < 4.78 is 41.7. The van der Waals surface area contributed by atoms with E-state index < -0.39 is 6.36 Å². The summed E-state index contributed by atoms with van der Waals surface area (Å²) in [7, 11) is 3.82. The quantitative estimate of drug-likeness (QED) is 0.594. The molecule has 0 fully saturated rings. The number of halogens is 3. The molecule has 5 nitrogen and oxygen atoms in total. The van der Waals surface area contributed by atoms with Crippen molar-refractivity contribution in [1.29, 1.82) is 0 Å². The normalized spacial score (nSPS) is 11.5. The molecule has 0 saturated carbocycles. The molecule has 0 aliphatic rings. The number of hydrogen-bond donors (Lipinski definition) is 2. The summed E-state index contributed by atoms with van der Waals surface area (Å²) in [6, 6.07) is 16.5. The molecule has 30 heavy (non-hydrogen) atoms. The van der Waals surface area contributed by atoms with Crippen molar-refractivity contribution >= 4 is 5.91 Å². The van der Waals surface area contributed by atoms with Crippen molar-refractivity contribution < 1.29 is 22.7 Å². The number of H-pyrrole nitrogens is 1. The molecule has 1 aromatic heterocycles. The Morgan fingerprint density at radius 3 is 2.40 bits per heavy atom. The van der Waals surface area contributed by atoms with Gasteiger partial charge in [0.05, 0.1) is 11.3 Å². The fourth-order valence-electron chi connectivity index (χ4n) is 2.97. The lowest BCUT2D eigenvalue weighted by Crippen LogP contribution is -2.31. The van der Waals surface area contributed by atoms with Gasteiger partial charge in [-0.2, -0.15) is 0 Å². The lowest BCUT2D eigenvalue weighted by Gasteiger charge is -2.10. The second kappa shape index (κ2) is 9.04. The van der Waals surface area contributed by atoms with E-state index in [0.29, 0.717) is 35.6 Å². The van der Waals surface area contributed by atoms with Crippen molar-refractivity contribution in [3.63, 3.8) is 0 Å². The highest BCUT2D eigenvalue weighted by Crippen LogP contribution is 2.32. The molecule has 3 rings (SSSR count). The van der Waals surface area contributed by atoms with Crippen molar-refractivity contribution in [2.45, 2.75) is 6.36 Å². The van der Waals surface area contributed by atoms with E-state index in [1.165, 1.54) is 18.2 Å². The smallest absolute Gasteiger partial charge is 0.406 e. The van der Waals surface area contributed by atoms with Gasteiger partial charge in [-0.1, -0.05) is 42.5 Å². The van der Waals surface area contributed by atoms with Crippen molar-refractivity contribution in [2.75, 3.05) is 27.2 Å². The molecule has 8 heteroatoms. The minimum absolute atomic E-state index is 0.263. The minimum Gasteiger partial charge on any atom is -0.406 e. The lowest BCUT2D eigenvalue weighted by molar-refractivity contribution is -0.274. The monoisotopic (exact) mass is 417 g/mol. The van der Waals surface area contributed by atoms with Crippen LogP contribution >= 0.6 is 0 Å². The van der Waals surface area contributed by atoms with Crippen molar-refractivity contribution in [3.8, 4) is 28.3 Å². The highest BCUT2D eigenvalue weighted by molar-refractivity contribution is 6.01. The molecule has 2 aromatic carbocycles. The van der Waals surface area contributed by atoms with Crippen LogP contribution in [0.1, 0.15) is 10.4 Å². The van der Waals surface area contributed by atoms with Crippen LogP contribution in [0.5, 0.6) is 5.75 Å². The van der Waals surface area contributed by atoms with E-state index in [0.717, 1.165) is 5.56 Å². The second-order valence-electron chi connectivity index (χ2n) is 6.97. The molecular formula is C22H22F3N3O2. The number of rotatable bonds is 7. The Morgan fingerprint density at radius 2 is 1.73 bits per heavy atom. The number of benzene rings is 2. The third-order valence-electron chi connectivity index (χ3n) is 4.35. The zero-order valence-corrected chi connectivity index (χ0v) is 16.6. The number of hydrogen-bond acceptors (Lipinski definition) is 3. The molecule has 158 valence electrons. The van der Waals surface area contributed by atoms with E-state index in [1.807, 2.05) is 49.3 Å². The number of aromatic nitrogens is 1. The standard InChI is InChI=1S/C22H22F3N3O2/c1-28(2)12-11-26-21(29)18-14-19(27-20(18)15-7-4-3-5-8-15)16-9-6-10-17(13-16)30-22(23,24)25/h3-10,13-14,27H,11-12H2,1-2H3,(H,26,29). The Balaban J connectivity index is 1.96. The van der Waals surface area contributed by atoms with E-state index in [4.69, 9.17) is 0 Å². The van der Waals surface area contributed by atoms with E-state index in [9.17, 15) is 18.0 Å². The van der Waals surface area contributed by atoms with Crippen molar-refractivity contribution in [2.24, 2.45) is 0 Å². The Bertz CT molecular complexity index is 998. The van der Waals surface area contributed by atoms with Crippen LogP contribution in [0.25, 0.3) is 22.5 Å². The van der Waals surface area contributed by atoms with Crippen LogP contribution in [0.15, 0.2) is 60.7 Å². The van der Waals surface area contributed by atoms with Gasteiger partial charge in [0.15, 0.2) is 0 Å². The Labute approximate surface area is 172 Å². The zero-order valence-electron chi connectivity index (χ0n) is 16.6. The minimum atomic E-state index is -4.78. The molecular weight excluding hydrogens is 395 g/mol. The summed E-state index contributed by atoms with van der Waals surface area (Å²) in [5, 5.41) is 2.87. The van der Waals surface area contributed by atoms with Gasteiger partial charge in [0.25, 0.3) is 5.91 Å². The number of nitrogens with one attached hydrogen (secondary N) is 2. The van der Waals surface area contributed by atoms with Crippen LogP contribution in [-0.2, 0) is 0 Å². The van der Waals surface area contributed by atoms with Gasteiger partial charge < -0.3 is 19.9 Å². The summed E-state index contributed by atoms with van der Waals surface area (Å²) in [6.07, 6.45) is -4.78. The molecule has 0 unspecified atom stereocenters. The third kappa shape index (κ3) is 5.64. The first-order valence-electron chi connectivity index (χ1n) is 9.30. The van der Waals surface area contributed by atoms with Gasteiger partial charge in [0.2, 0.25) is 0 Å². The van der Waals surface area contributed by atoms with Crippen molar-refractivity contribution in [3.05, 3.63) is 66.2 Å². The number of carbonyl (C=O) groups is 1. The van der Waals surface area contributed by atoms with E-state index in [-0.39, 0.29) is 11.7 Å². The first-order chi connectivity index (χ1) is 14.2. The summed E-state index contributed by atoms with van der Waals surface area (Å²) >= 11 is 0. The van der Waals surface area contributed by atoms with Crippen molar-refractivity contribution in [1.82, 2.24) is 15.2 Å². The highest BCUT2D eigenvalue weighted by atomic mass is 19.4. The molecule has 1 amide bonds. The molecule has 0 saturated heterocycles. The molecule has 0 bridgehead atoms. The maximum Gasteiger partial charge on any atom is 0.573 e. The van der Waals surface area contributed by atoms with Gasteiger partial charge >= 0.3 is 6.36 Å². The van der Waals surface area contributed by atoms with Gasteiger partial charge in [-0.3, -0.25) is 4.79 Å². The number of aromatic amines is 1. The molecule has 2 N–H and O–H groups in total. The van der Waals surface area contributed by atoms with E-state index in [1.54, 1.807) is 12.1 Å². The van der Waals surface area contributed by atoms with Gasteiger partial charge in [-0.25, -0.2) is 0 Å². The SMILES string of the molecule is CN(C)CCNC(=O)c1cc(-c2cccc(OC(F)(F)F)c2)[nH]c1-c1ccccc1. The first-order valence-corrected chi connectivity index (χ1v) is 9.30. The molecule has 0 atom stereocenters. The number of ether oxygens (including phenoxy) is 1. The average Bonchev–Trinajstić information content (AvgIpc) is 3.13. The van der Waals surface area contributed by atoms with E-state index in [2.05, 4.69) is 15.0 Å². The summed E-state index contributed by atoms with van der Waals surface area (Å²) in [5.41, 5.74) is 2.79. The van der Waals surface area contributed by atoms with Gasteiger partial charge in [0, 0.05) is 24.3 Å². The molecule has 3 aromatic rings. The maximum absolute atomic E-state index is 12.8. The first kappa shape index (κ1) is 21.4.